The Balaban J connectivity index is 1.71. The van der Waals surface area contributed by atoms with Gasteiger partial charge in [0.25, 0.3) is 0 Å². The van der Waals surface area contributed by atoms with Crippen molar-refractivity contribution in [2.45, 2.75) is 18.8 Å². The number of ether oxygens (including phenoxy) is 2. The minimum atomic E-state index is -0.442. The highest BCUT2D eigenvalue weighted by Gasteiger charge is 2.23. The van der Waals surface area contributed by atoms with E-state index < -0.39 is 5.97 Å². The van der Waals surface area contributed by atoms with E-state index >= 15 is 0 Å². The first-order valence-corrected chi connectivity index (χ1v) is 8.01. The Morgan fingerprint density at radius 2 is 1.83 bits per heavy atom. The smallest absolute Gasteiger partial charge is 0.343 e. The predicted octanol–water partition coefficient (Wildman–Crippen LogP) is 2.66. The maximum atomic E-state index is 11.7. The number of hydrogen-bond donors (Lipinski definition) is 0. The van der Waals surface area contributed by atoms with Gasteiger partial charge in [-0.15, -0.1) is 0 Å². The van der Waals surface area contributed by atoms with Crippen LogP contribution in [0.3, 0.4) is 0 Å². The number of esters is 1. The zero-order valence-corrected chi connectivity index (χ0v) is 13.9. The van der Waals surface area contributed by atoms with Crippen molar-refractivity contribution < 1.29 is 14.3 Å². The van der Waals surface area contributed by atoms with Crippen molar-refractivity contribution in [2.75, 3.05) is 32.2 Å². The van der Waals surface area contributed by atoms with Gasteiger partial charge in [-0.05, 0) is 48.6 Å². The third-order valence-electron chi connectivity index (χ3n) is 4.44. The quantitative estimate of drug-likeness (QED) is 0.805. The van der Waals surface area contributed by atoms with Crippen LogP contribution in [0.1, 0.15) is 34.7 Å². The second kappa shape index (κ2) is 7.29. The molecule has 0 bridgehead atoms. The van der Waals surface area contributed by atoms with Gasteiger partial charge >= 0.3 is 5.97 Å². The number of rotatable bonds is 4. The third-order valence-corrected chi connectivity index (χ3v) is 4.44. The third kappa shape index (κ3) is 3.32. The molecule has 24 heavy (non-hydrogen) atoms. The average Bonchev–Trinajstić information content (AvgIpc) is 2.67. The lowest BCUT2D eigenvalue weighted by Crippen LogP contribution is -2.33. The summed E-state index contributed by atoms with van der Waals surface area (Å²) in [7, 11) is 2.85. The maximum Gasteiger partial charge on any atom is 0.343 e. The van der Waals surface area contributed by atoms with Crippen LogP contribution in [0.5, 0.6) is 5.88 Å². The number of piperidine rings is 1. The first-order chi connectivity index (χ1) is 11.7. The van der Waals surface area contributed by atoms with E-state index in [2.05, 4.69) is 27.0 Å². The summed E-state index contributed by atoms with van der Waals surface area (Å²) in [6.45, 7) is 1.83. The van der Waals surface area contributed by atoms with Crippen molar-refractivity contribution in [1.82, 2.24) is 9.97 Å². The van der Waals surface area contributed by atoms with E-state index in [4.69, 9.17) is 9.47 Å². The summed E-state index contributed by atoms with van der Waals surface area (Å²) in [4.78, 5) is 22.5. The van der Waals surface area contributed by atoms with Crippen LogP contribution >= 0.6 is 0 Å². The van der Waals surface area contributed by atoms with Gasteiger partial charge in [0.05, 0.1) is 14.2 Å². The van der Waals surface area contributed by atoms with Crippen molar-refractivity contribution in [3.63, 3.8) is 0 Å². The summed E-state index contributed by atoms with van der Waals surface area (Å²) in [6.07, 6.45) is 5.82. The molecule has 0 spiro atoms. The topological polar surface area (TPSA) is 64.5 Å². The second-order valence-corrected chi connectivity index (χ2v) is 5.76. The standard InChI is InChI=1S/C18H21N3O3/c1-23-17-15(18(22)24-2)3-4-16(20-17)21-11-7-14(8-12-21)13-5-9-19-10-6-13/h3-6,9-10,14H,7-8,11-12H2,1-2H3. The molecule has 0 aromatic carbocycles. The summed E-state index contributed by atoms with van der Waals surface area (Å²) in [5.41, 5.74) is 1.69. The number of nitrogens with zero attached hydrogens (tertiary/aromatic N) is 3. The lowest BCUT2D eigenvalue weighted by Gasteiger charge is -2.33. The molecule has 3 heterocycles. The number of carbonyl (C=O) groups excluding carboxylic acids is 1. The van der Waals surface area contributed by atoms with Gasteiger partial charge in [0, 0.05) is 25.5 Å². The van der Waals surface area contributed by atoms with Crippen LogP contribution in [-0.4, -0.2) is 43.2 Å². The van der Waals surface area contributed by atoms with Crippen LogP contribution in [0.25, 0.3) is 0 Å². The highest BCUT2D eigenvalue weighted by Crippen LogP contribution is 2.30. The van der Waals surface area contributed by atoms with E-state index in [1.165, 1.54) is 19.8 Å². The highest BCUT2D eigenvalue weighted by atomic mass is 16.5. The minimum Gasteiger partial charge on any atom is -0.480 e. The molecule has 6 nitrogen and oxygen atoms in total. The number of carbonyl (C=O) groups is 1. The lowest BCUT2D eigenvalue weighted by atomic mass is 9.90. The molecule has 2 aromatic heterocycles. The zero-order chi connectivity index (χ0) is 16.9. The van der Waals surface area contributed by atoms with E-state index in [1.807, 2.05) is 18.5 Å². The first-order valence-electron chi connectivity index (χ1n) is 8.01. The van der Waals surface area contributed by atoms with E-state index in [0.717, 1.165) is 31.7 Å². The Morgan fingerprint density at radius 3 is 2.46 bits per heavy atom. The number of pyridine rings is 2. The van der Waals surface area contributed by atoms with Crippen molar-refractivity contribution in [2.24, 2.45) is 0 Å². The molecule has 0 N–H and O–H groups in total. The van der Waals surface area contributed by atoms with Crippen LogP contribution in [0, 0.1) is 0 Å². The molecule has 6 heteroatoms. The molecule has 3 rings (SSSR count). The summed E-state index contributed by atoms with van der Waals surface area (Å²) in [6, 6.07) is 7.74. The number of methoxy groups -OCH3 is 2. The first kappa shape index (κ1) is 16.2. The number of hydrogen-bond acceptors (Lipinski definition) is 6. The molecular formula is C18H21N3O3. The maximum absolute atomic E-state index is 11.7. The van der Waals surface area contributed by atoms with Crippen LogP contribution in [0.2, 0.25) is 0 Å². The Kier molecular flexibility index (Phi) is 4.93. The fraction of sp³-hybridized carbons (Fsp3) is 0.389. The normalized spacial score (nSPS) is 15.2. The van der Waals surface area contributed by atoms with Gasteiger partial charge in [0.15, 0.2) is 0 Å². The minimum absolute atomic E-state index is 0.301. The molecule has 2 aromatic rings. The van der Waals surface area contributed by atoms with Crippen LogP contribution in [-0.2, 0) is 4.74 Å². The molecule has 0 radical (unpaired) electrons. The fourth-order valence-electron chi connectivity index (χ4n) is 3.11. The summed E-state index contributed by atoms with van der Waals surface area (Å²) < 4.78 is 9.99. The van der Waals surface area contributed by atoms with E-state index in [9.17, 15) is 4.79 Å². The molecule has 1 aliphatic heterocycles. The molecule has 0 amide bonds. The summed E-state index contributed by atoms with van der Waals surface area (Å²) in [5.74, 6) is 1.24. The van der Waals surface area contributed by atoms with Crippen LogP contribution in [0.4, 0.5) is 5.82 Å². The van der Waals surface area contributed by atoms with Crippen LogP contribution < -0.4 is 9.64 Å². The number of aromatic nitrogens is 2. The molecule has 1 aliphatic rings. The van der Waals surface area contributed by atoms with E-state index in [-0.39, 0.29) is 0 Å². The van der Waals surface area contributed by atoms with Gasteiger partial charge in [0.2, 0.25) is 5.88 Å². The van der Waals surface area contributed by atoms with Crippen molar-refractivity contribution >= 4 is 11.8 Å². The summed E-state index contributed by atoms with van der Waals surface area (Å²) >= 11 is 0. The molecule has 0 unspecified atom stereocenters. The summed E-state index contributed by atoms with van der Waals surface area (Å²) in [5, 5.41) is 0. The molecule has 0 aliphatic carbocycles. The SMILES string of the molecule is COC(=O)c1ccc(N2CCC(c3ccncc3)CC2)nc1OC. The van der Waals surface area contributed by atoms with Gasteiger partial charge in [-0.3, -0.25) is 4.98 Å². The van der Waals surface area contributed by atoms with E-state index in [1.54, 1.807) is 6.07 Å². The largest absolute Gasteiger partial charge is 0.480 e. The van der Waals surface area contributed by atoms with Gasteiger partial charge in [-0.2, -0.15) is 4.98 Å². The Bertz CT molecular complexity index is 698. The van der Waals surface area contributed by atoms with E-state index in [0.29, 0.717) is 17.4 Å². The molecule has 1 saturated heterocycles. The molecule has 0 saturated carbocycles. The van der Waals surface area contributed by atoms with Crippen molar-refractivity contribution in [3.8, 4) is 5.88 Å². The van der Waals surface area contributed by atoms with Gasteiger partial charge in [0.1, 0.15) is 11.4 Å². The molecule has 126 valence electrons. The van der Waals surface area contributed by atoms with Crippen molar-refractivity contribution in [3.05, 3.63) is 47.8 Å². The molecular weight excluding hydrogens is 306 g/mol. The van der Waals surface area contributed by atoms with Gasteiger partial charge < -0.3 is 14.4 Å². The Morgan fingerprint density at radius 1 is 1.12 bits per heavy atom. The van der Waals surface area contributed by atoms with Crippen LogP contribution in [0.15, 0.2) is 36.7 Å². The van der Waals surface area contributed by atoms with Crippen molar-refractivity contribution in [1.29, 1.82) is 0 Å². The highest BCUT2D eigenvalue weighted by molar-refractivity contribution is 5.92. The number of anilines is 1. The van der Waals surface area contributed by atoms with Gasteiger partial charge in [-0.1, -0.05) is 0 Å². The monoisotopic (exact) mass is 327 g/mol. The Labute approximate surface area is 141 Å². The fourth-order valence-corrected chi connectivity index (χ4v) is 3.11. The average molecular weight is 327 g/mol. The zero-order valence-electron chi connectivity index (χ0n) is 13.9. The molecule has 0 atom stereocenters. The predicted molar refractivity (Wildman–Crippen MR) is 90.6 cm³/mol. The molecule has 1 fully saturated rings. The Hall–Kier alpha value is -2.63. The van der Waals surface area contributed by atoms with Gasteiger partial charge in [-0.25, -0.2) is 4.79 Å². The second-order valence-electron chi connectivity index (χ2n) is 5.76. The lowest BCUT2D eigenvalue weighted by molar-refractivity contribution is 0.0596.